The van der Waals surface area contributed by atoms with E-state index < -0.39 is 10.0 Å². The molecular formula is C20H25ClN2O3S. The fraction of sp³-hybridized carbons (Fsp3) is 0.350. The number of carbonyl (C=O) groups excluding carboxylic acids is 1. The molecule has 0 aliphatic rings. The number of halogens is 1. The number of benzene rings is 2. The van der Waals surface area contributed by atoms with E-state index in [2.05, 4.69) is 19.2 Å². The number of nitrogens with zero attached hydrogens (tertiary/aromatic N) is 1. The summed E-state index contributed by atoms with van der Waals surface area (Å²) < 4.78 is 25.5. The summed E-state index contributed by atoms with van der Waals surface area (Å²) in [7, 11) is -3.62. The van der Waals surface area contributed by atoms with Gasteiger partial charge in [0, 0.05) is 5.02 Å². The van der Waals surface area contributed by atoms with Gasteiger partial charge in [-0.15, -0.1) is 0 Å². The zero-order valence-corrected chi connectivity index (χ0v) is 17.3. The highest BCUT2D eigenvalue weighted by Gasteiger charge is 2.23. The Kier molecular flexibility index (Phi) is 7.27. The fourth-order valence-corrected chi connectivity index (χ4v) is 3.80. The number of rotatable bonds is 8. The van der Waals surface area contributed by atoms with Gasteiger partial charge < -0.3 is 5.32 Å². The van der Waals surface area contributed by atoms with E-state index in [0.29, 0.717) is 16.6 Å². The summed E-state index contributed by atoms with van der Waals surface area (Å²) in [6.45, 7) is 3.87. The largest absolute Gasteiger partial charge is 0.348 e. The van der Waals surface area contributed by atoms with Crippen molar-refractivity contribution in [2.24, 2.45) is 5.92 Å². The molecule has 0 spiro atoms. The molecule has 0 unspecified atom stereocenters. The van der Waals surface area contributed by atoms with Crippen molar-refractivity contribution in [3.8, 4) is 0 Å². The van der Waals surface area contributed by atoms with Crippen LogP contribution >= 0.6 is 11.6 Å². The van der Waals surface area contributed by atoms with Gasteiger partial charge in [-0.3, -0.25) is 9.10 Å². The van der Waals surface area contributed by atoms with E-state index in [4.69, 9.17) is 11.6 Å². The zero-order valence-electron chi connectivity index (χ0n) is 15.7. The highest BCUT2D eigenvalue weighted by Crippen LogP contribution is 2.23. The Hall–Kier alpha value is -2.05. The average Bonchev–Trinajstić information content (AvgIpc) is 2.59. The third kappa shape index (κ3) is 6.56. The molecule has 5 nitrogen and oxygen atoms in total. The van der Waals surface area contributed by atoms with Gasteiger partial charge in [-0.05, 0) is 42.2 Å². The van der Waals surface area contributed by atoms with Crippen LogP contribution < -0.4 is 9.62 Å². The maximum Gasteiger partial charge on any atom is 0.241 e. The van der Waals surface area contributed by atoms with E-state index in [0.717, 1.165) is 22.5 Å². The normalized spacial score (nSPS) is 12.6. The quantitative estimate of drug-likeness (QED) is 0.717. The summed E-state index contributed by atoms with van der Waals surface area (Å²) in [6, 6.07) is 15.9. The van der Waals surface area contributed by atoms with Crippen LogP contribution in [0.1, 0.15) is 31.9 Å². The molecule has 1 N–H and O–H groups in total. The van der Waals surface area contributed by atoms with Gasteiger partial charge in [0.25, 0.3) is 0 Å². The van der Waals surface area contributed by atoms with Crippen molar-refractivity contribution < 1.29 is 13.2 Å². The van der Waals surface area contributed by atoms with Crippen molar-refractivity contribution in [3.05, 3.63) is 65.2 Å². The Labute approximate surface area is 166 Å². The highest BCUT2D eigenvalue weighted by molar-refractivity contribution is 7.92. The Morgan fingerprint density at radius 3 is 2.19 bits per heavy atom. The first kappa shape index (κ1) is 21.3. The Morgan fingerprint density at radius 2 is 1.67 bits per heavy atom. The molecule has 1 atom stereocenters. The molecule has 0 bridgehead atoms. The van der Waals surface area contributed by atoms with Crippen molar-refractivity contribution in [1.82, 2.24) is 5.32 Å². The van der Waals surface area contributed by atoms with E-state index in [1.807, 2.05) is 30.3 Å². The van der Waals surface area contributed by atoms with Gasteiger partial charge >= 0.3 is 0 Å². The molecule has 7 heteroatoms. The maximum atomic E-state index is 12.7. The predicted molar refractivity (Wildman–Crippen MR) is 110 cm³/mol. The molecule has 0 fully saturated rings. The lowest BCUT2D eigenvalue weighted by Crippen LogP contribution is -2.41. The minimum absolute atomic E-state index is 0.176. The Balaban J connectivity index is 2.19. The second-order valence-corrected chi connectivity index (χ2v) is 9.25. The number of hydrogen-bond acceptors (Lipinski definition) is 3. The number of carbonyl (C=O) groups is 1. The SMILES string of the molecule is CC(C)C[C@H](NC(=O)CN(c1ccc(Cl)cc1)S(C)(=O)=O)c1ccccc1. The van der Waals surface area contributed by atoms with Crippen LogP contribution in [0, 0.1) is 5.92 Å². The second-order valence-electron chi connectivity index (χ2n) is 6.91. The van der Waals surface area contributed by atoms with Gasteiger partial charge in [0.2, 0.25) is 15.9 Å². The number of nitrogens with one attached hydrogen (secondary N) is 1. The molecule has 0 radical (unpaired) electrons. The van der Waals surface area contributed by atoms with Gasteiger partial charge in [-0.2, -0.15) is 0 Å². The van der Waals surface area contributed by atoms with Crippen LogP contribution in [-0.2, 0) is 14.8 Å². The third-order valence-corrected chi connectivity index (χ3v) is 5.44. The predicted octanol–water partition coefficient (Wildman–Crippen LogP) is 4.01. The molecule has 0 heterocycles. The maximum absolute atomic E-state index is 12.7. The number of sulfonamides is 1. The van der Waals surface area contributed by atoms with Crippen molar-refractivity contribution >= 4 is 33.2 Å². The summed E-state index contributed by atoms with van der Waals surface area (Å²) in [6.07, 6.45) is 1.84. The van der Waals surface area contributed by atoms with Crippen LogP contribution in [-0.4, -0.2) is 27.1 Å². The number of amides is 1. The lowest BCUT2D eigenvalue weighted by Gasteiger charge is -2.25. The molecule has 0 aliphatic carbocycles. The van der Waals surface area contributed by atoms with Crippen LogP contribution in [0.5, 0.6) is 0 Å². The molecule has 0 saturated heterocycles. The highest BCUT2D eigenvalue weighted by atomic mass is 35.5. The summed E-state index contributed by atoms with van der Waals surface area (Å²) in [5.74, 6) is 0.0164. The van der Waals surface area contributed by atoms with Gasteiger partial charge in [0.15, 0.2) is 0 Å². The smallest absolute Gasteiger partial charge is 0.241 e. The molecule has 2 aromatic carbocycles. The van der Waals surface area contributed by atoms with E-state index in [-0.39, 0.29) is 18.5 Å². The molecule has 146 valence electrons. The fourth-order valence-electron chi connectivity index (χ4n) is 2.81. The van der Waals surface area contributed by atoms with E-state index >= 15 is 0 Å². The van der Waals surface area contributed by atoms with Crippen molar-refractivity contribution in [1.29, 1.82) is 0 Å². The van der Waals surface area contributed by atoms with Crippen LogP contribution in [0.15, 0.2) is 54.6 Å². The summed E-state index contributed by atoms with van der Waals surface area (Å²) >= 11 is 5.87. The van der Waals surface area contributed by atoms with Crippen LogP contribution in [0.3, 0.4) is 0 Å². The first-order valence-electron chi connectivity index (χ1n) is 8.74. The minimum atomic E-state index is -3.62. The van der Waals surface area contributed by atoms with Crippen molar-refractivity contribution in [2.45, 2.75) is 26.3 Å². The molecule has 0 aromatic heterocycles. The molecule has 2 aromatic rings. The summed E-state index contributed by atoms with van der Waals surface area (Å²) in [5, 5.41) is 3.48. The standard InChI is InChI=1S/C20H25ClN2O3S/c1-15(2)13-19(16-7-5-4-6-8-16)22-20(24)14-23(27(3,25)26)18-11-9-17(21)10-12-18/h4-12,15,19H,13-14H2,1-3H3,(H,22,24)/t19-/m0/s1. The first-order valence-corrected chi connectivity index (χ1v) is 11.0. The molecule has 1 amide bonds. The first-order chi connectivity index (χ1) is 12.7. The zero-order chi connectivity index (χ0) is 20.0. The van der Waals surface area contributed by atoms with Crippen LogP contribution in [0.25, 0.3) is 0 Å². The summed E-state index contributed by atoms with van der Waals surface area (Å²) in [4.78, 5) is 12.7. The van der Waals surface area contributed by atoms with Crippen LogP contribution in [0.2, 0.25) is 5.02 Å². The molecule has 2 rings (SSSR count). The van der Waals surface area contributed by atoms with E-state index in [1.54, 1.807) is 24.3 Å². The molecule has 27 heavy (non-hydrogen) atoms. The van der Waals surface area contributed by atoms with Crippen molar-refractivity contribution in [3.63, 3.8) is 0 Å². The molecule has 0 aliphatic heterocycles. The van der Waals surface area contributed by atoms with Gasteiger partial charge in [-0.1, -0.05) is 55.8 Å². The third-order valence-electron chi connectivity index (χ3n) is 4.05. The van der Waals surface area contributed by atoms with Gasteiger partial charge in [-0.25, -0.2) is 8.42 Å². The Bertz CT molecular complexity index is 853. The lowest BCUT2D eigenvalue weighted by molar-refractivity contribution is -0.120. The molecule has 0 saturated carbocycles. The average molecular weight is 409 g/mol. The topological polar surface area (TPSA) is 66.5 Å². The Morgan fingerprint density at radius 1 is 1.07 bits per heavy atom. The van der Waals surface area contributed by atoms with Crippen molar-refractivity contribution in [2.75, 3.05) is 17.1 Å². The second kappa shape index (κ2) is 9.24. The van der Waals surface area contributed by atoms with E-state index in [1.165, 1.54) is 0 Å². The molecular weight excluding hydrogens is 384 g/mol. The lowest BCUT2D eigenvalue weighted by atomic mass is 9.97. The number of hydrogen-bond donors (Lipinski definition) is 1. The summed E-state index contributed by atoms with van der Waals surface area (Å²) in [5.41, 5.74) is 1.40. The minimum Gasteiger partial charge on any atom is -0.348 e. The van der Waals surface area contributed by atoms with Gasteiger partial charge in [0.05, 0.1) is 18.0 Å². The van der Waals surface area contributed by atoms with Crippen LogP contribution in [0.4, 0.5) is 5.69 Å². The van der Waals surface area contributed by atoms with Gasteiger partial charge in [0.1, 0.15) is 6.54 Å². The van der Waals surface area contributed by atoms with E-state index in [9.17, 15) is 13.2 Å². The monoisotopic (exact) mass is 408 g/mol. The number of anilines is 1.